The molecule has 1 rings (SSSR count). The summed E-state index contributed by atoms with van der Waals surface area (Å²) >= 11 is 0. The number of benzene rings is 1. The molecule has 0 N–H and O–H groups in total. The first kappa shape index (κ1) is 10.8. The maximum atomic E-state index is 11.2. The molecular weight excluding hydrogens is 202 g/mol. The van der Waals surface area contributed by atoms with E-state index in [1.54, 1.807) is 19.9 Å². The van der Waals surface area contributed by atoms with Gasteiger partial charge in [0.15, 0.2) is 0 Å². The van der Waals surface area contributed by atoms with Crippen molar-refractivity contribution in [3.8, 4) is 0 Å². The number of nitro benzene ring substituents is 1. The Bertz CT molecular complexity index is 415. The summed E-state index contributed by atoms with van der Waals surface area (Å²) in [6.07, 6.45) is 1.51. The first-order valence-electron chi connectivity index (χ1n) is 4.02. The number of hydrogen-bond donors (Lipinski definition) is 0. The molecule has 14 heavy (non-hydrogen) atoms. The second kappa shape index (κ2) is 3.88. The summed E-state index contributed by atoms with van der Waals surface area (Å²) in [6, 6.07) is 3.09. The summed E-state index contributed by atoms with van der Waals surface area (Å²) < 4.78 is 11.2. The Morgan fingerprint density at radius 3 is 2.36 bits per heavy atom. The molecule has 1 aromatic rings. The van der Waals surface area contributed by atoms with Crippen LogP contribution in [0.3, 0.4) is 0 Å². The van der Waals surface area contributed by atoms with Crippen LogP contribution in [-0.4, -0.2) is 15.4 Å². The molecule has 0 saturated heterocycles. The van der Waals surface area contributed by atoms with Crippen LogP contribution in [0.4, 0.5) is 5.69 Å². The van der Waals surface area contributed by atoms with Crippen LogP contribution in [0, 0.1) is 24.0 Å². The van der Waals surface area contributed by atoms with E-state index in [0.29, 0.717) is 10.5 Å². The Hall–Kier alpha value is -1.23. The molecular formula is C9H11NO3S. The van der Waals surface area contributed by atoms with Crippen molar-refractivity contribution in [2.24, 2.45) is 0 Å². The molecule has 0 radical (unpaired) electrons. The van der Waals surface area contributed by atoms with Gasteiger partial charge in [-0.3, -0.25) is 14.3 Å². The standard InChI is InChI=1S/C9H11NO3S/c1-6-4-8(14(3)13)5-9(7(6)2)10(11)12/h4-5H,1-3H3. The quantitative estimate of drug-likeness (QED) is 0.557. The summed E-state index contributed by atoms with van der Waals surface area (Å²) in [4.78, 5) is 10.7. The molecule has 5 heteroatoms. The molecule has 4 nitrogen and oxygen atoms in total. The fourth-order valence-corrected chi connectivity index (χ4v) is 1.78. The topological polar surface area (TPSA) is 60.2 Å². The first-order chi connectivity index (χ1) is 6.43. The van der Waals surface area contributed by atoms with Gasteiger partial charge in [0, 0.05) is 22.8 Å². The van der Waals surface area contributed by atoms with Crippen molar-refractivity contribution in [3.05, 3.63) is 33.4 Å². The van der Waals surface area contributed by atoms with Crippen LogP contribution in [0.1, 0.15) is 11.1 Å². The number of rotatable bonds is 2. The number of nitrogens with zero attached hydrogens (tertiary/aromatic N) is 1. The molecule has 1 unspecified atom stereocenters. The molecule has 0 aliphatic heterocycles. The van der Waals surface area contributed by atoms with Crippen molar-refractivity contribution in [1.29, 1.82) is 0 Å². The molecule has 0 spiro atoms. The maximum Gasteiger partial charge on any atom is 0.273 e. The zero-order valence-electron chi connectivity index (χ0n) is 8.23. The molecule has 0 aromatic heterocycles. The Balaban J connectivity index is 3.43. The Labute approximate surface area is 84.6 Å². The van der Waals surface area contributed by atoms with Gasteiger partial charge in [0.1, 0.15) is 0 Å². The highest BCUT2D eigenvalue weighted by Crippen LogP contribution is 2.24. The van der Waals surface area contributed by atoms with Gasteiger partial charge in [-0.15, -0.1) is 0 Å². The van der Waals surface area contributed by atoms with E-state index in [-0.39, 0.29) is 5.69 Å². The minimum atomic E-state index is -1.18. The second-order valence-corrected chi connectivity index (χ2v) is 4.48. The minimum Gasteiger partial charge on any atom is -0.258 e. The normalized spacial score (nSPS) is 12.5. The van der Waals surface area contributed by atoms with Crippen LogP contribution in [0.5, 0.6) is 0 Å². The lowest BCUT2D eigenvalue weighted by Gasteiger charge is -2.03. The van der Waals surface area contributed by atoms with E-state index in [1.807, 2.05) is 0 Å². The lowest BCUT2D eigenvalue weighted by Crippen LogP contribution is -1.97. The summed E-state index contributed by atoms with van der Waals surface area (Å²) in [5, 5.41) is 10.7. The largest absolute Gasteiger partial charge is 0.273 e. The van der Waals surface area contributed by atoms with E-state index in [0.717, 1.165) is 5.56 Å². The van der Waals surface area contributed by atoms with Gasteiger partial charge in [0.2, 0.25) is 0 Å². The number of aryl methyl sites for hydroxylation is 1. The average molecular weight is 213 g/mol. The fourth-order valence-electron chi connectivity index (χ4n) is 1.16. The van der Waals surface area contributed by atoms with Crippen LogP contribution in [-0.2, 0) is 10.8 Å². The molecule has 0 heterocycles. The highest BCUT2D eigenvalue weighted by Gasteiger charge is 2.15. The predicted molar refractivity (Wildman–Crippen MR) is 54.9 cm³/mol. The van der Waals surface area contributed by atoms with E-state index in [2.05, 4.69) is 0 Å². The van der Waals surface area contributed by atoms with Crippen LogP contribution in [0.15, 0.2) is 17.0 Å². The summed E-state index contributed by atoms with van der Waals surface area (Å²) in [7, 11) is -1.18. The molecule has 0 aliphatic rings. The number of hydrogen-bond acceptors (Lipinski definition) is 3. The van der Waals surface area contributed by atoms with E-state index >= 15 is 0 Å². The second-order valence-electron chi connectivity index (χ2n) is 3.10. The summed E-state index contributed by atoms with van der Waals surface area (Å²) in [5.41, 5.74) is 1.46. The lowest BCUT2D eigenvalue weighted by atomic mass is 10.1. The maximum absolute atomic E-state index is 11.2. The molecule has 0 saturated carbocycles. The molecule has 0 bridgehead atoms. The lowest BCUT2D eigenvalue weighted by molar-refractivity contribution is -0.385. The fraction of sp³-hybridized carbons (Fsp3) is 0.333. The van der Waals surface area contributed by atoms with Gasteiger partial charge in [-0.1, -0.05) is 0 Å². The Morgan fingerprint density at radius 2 is 1.93 bits per heavy atom. The summed E-state index contributed by atoms with van der Waals surface area (Å²) in [5.74, 6) is 0. The van der Waals surface area contributed by atoms with Gasteiger partial charge in [0.25, 0.3) is 5.69 Å². The van der Waals surface area contributed by atoms with Crippen molar-refractivity contribution in [3.63, 3.8) is 0 Å². The van der Waals surface area contributed by atoms with Gasteiger partial charge < -0.3 is 0 Å². The van der Waals surface area contributed by atoms with Gasteiger partial charge in [-0.2, -0.15) is 0 Å². The Kier molecular flexibility index (Phi) is 3.00. The smallest absolute Gasteiger partial charge is 0.258 e. The van der Waals surface area contributed by atoms with Gasteiger partial charge in [-0.05, 0) is 25.5 Å². The van der Waals surface area contributed by atoms with E-state index in [1.165, 1.54) is 12.3 Å². The van der Waals surface area contributed by atoms with E-state index < -0.39 is 15.7 Å². The van der Waals surface area contributed by atoms with Crippen LogP contribution < -0.4 is 0 Å². The SMILES string of the molecule is Cc1cc(S(C)=O)cc([N+](=O)[O-])c1C. The molecule has 1 aromatic carbocycles. The van der Waals surface area contributed by atoms with Crippen molar-refractivity contribution < 1.29 is 9.13 Å². The van der Waals surface area contributed by atoms with Crippen molar-refractivity contribution in [2.45, 2.75) is 18.7 Å². The monoisotopic (exact) mass is 213 g/mol. The van der Waals surface area contributed by atoms with Gasteiger partial charge >= 0.3 is 0 Å². The minimum absolute atomic E-state index is 0.0372. The highest BCUT2D eigenvalue weighted by molar-refractivity contribution is 7.84. The molecule has 0 fully saturated rings. The third kappa shape index (κ3) is 1.98. The third-order valence-electron chi connectivity index (χ3n) is 2.14. The average Bonchev–Trinajstić information content (AvgIpc) is 2.08. The predicted octanol–water partition coefficient (Wildman–Crippen LogP) is 1.95. The molecule has 1 atom stereocenters. The van der Waals surface area contributed by atoms with Gasteiger partial charge in [-0.25, -0.2) is 0 Å². The number of nitro groups is 1. The highest BCUT2D eigenvalue weighted by atomic mass is 32.2. The first-order valence-corrected chi connectivity index (χ1v) is 5.58. The molecule has 0 amide bonds. The van der Waals surface area contributed by atoms with Crippen LogP contribution in [0.2, 0.25) is 0 Å². The van der Waals surface area contributed by atoms with Crippen molar-refractivity contribution in [1.82, 2.24) is 0 Å². The molecule has 76 valence electrons. The zero-order valence-corrected chi connectivity index (χ0v) is 9.05. The Morgan fingerprint density at radius 1 is 1.36 bits per heavy atom. The van der Waals surface area contributed by atoms with Crippen molar-refractivity contribution >= 4 is 16.5 Å². The molecule has 0 aliphatic carbocycles. The van der Waals surface area contributed by atoms with Crippen LogP contribution >= 0.6 is 0 Å². The van der Waals surface area contributed by atoms with Crippen LogP contribution in [0.25, 0.3) is 0 Å². The zero-order chi connectivity index (χ0) is 10.9. The van der Waals surface area contributed by atoms with E-state index in [4.69, 9.17) is 0 Å². The summed E-state index contributed by atoms with van der Waals surface area (Å²) in [6.45, 7) is 3.47. The van der Waals surface area contributed by atoms with E-state index in [9.17, 15) is 14.3 Å². The van der Waals surface area contributed by atoms with Crippen molar-refractivity contribution in [2.75, 3.05) is 6.26 Å². The van der Waals surface area contributed by atoms with Gasteiger partial charge in [0.05, 0.1) is 15.7 Å². The third-order valence-corrected chi connectivity index (χ3v) is 3.04.